The average Bonchev–Trinajstić information content (AvgIpc) is 2.44. The van der Waals surface area contributed by atoms with E-state index in [1.54, 1.807) is 11.6 Å². The average molecular weight is 196 g/mol. The highest BCUT2D eigenvalue weighted by molar-refractivity contribution is 5.84. The molecule has 0 bridgehead atoms. The number of carbonyl (C=O) groups is 1. The number of hydrogen-bond acceptors (Lipinski definition) is 3. The zero-order valence-corrected chi connectivity index (χ0v) is 9.07. The third-order valence-corrected chi connectivity index (χ3v) is 2.26. The zero-order chi connectivity index (χ0) is 10.7. The molecule has 0 N–H and O–H groups in total. The smallest absolute Gasteiger partial charge is 0.167 e. The van der Waals surface area contributed by atoms with E-state index in [2.05, 4.69) is 5.10 Å². The lowest BCUT2D eigenvalue weighted by atomic mass is 10.1. The van der Waals surface area contributed by atoms with Crippen molar-refractivity contribution in [2.45, 2.75) is 26.4 Å². The van der Waals surface area contributed by atoms with E-state index < -0.39 is 0 Å². The minimum atomic E-state index is -0.342. The Balaban J connectivity index is 2.69. The first-order valence-electron chi connectivity index (χ1n) is 4.59. The molecule has 0 spiro atoms. The second-order valence-electron chi connectivity index (χ2n) is 3.42. The van der Waals surface area contributed by atoms with Crippen molar-refractivity contribution in [1.29, 1.82) is 0 Å². The first-order valence-corrected chi connectivity index (χ1v) is 4.59. The molecule has 0 radical (unpaired) electrons. The number of ketones is 1. The second-order valence-corrected chi connectivity index (χ2v) is 3.42. The fraction of sp³-hybridized carbons (Fsp3) is 0.600. The Bertz CT molecular complexity index is 331. The molecule has 1 heterocycles. The van der Waals surface area contributed by atoms with Gasteiger partial charge in [0.1, 0.15) is 6.10 Å². The Morgan fingerprint density at radius 2 is 2.36 bits per heavy atom. The van der Waals surface area contributed by atoms with Gasteiger partial charge in [0.05, 0.1) is 12.1 Å². The molecule has 78 valence electrons. The molecule has 0 aliphatic rings. The van der Waals surface area contributed by atoms with Crippen LogP contribution in [-0.2, 0) is 23.0 Å². The molecule has 0 aliphatic carbocycles. The highest BCUT2D eigenvalue weighted by atomic mass is 16.5. The third-order valence-electron chi connectivity index (χ3n) is 2.26. The predicted octanol–water partition coefficient (Wildman–Crippen LogP) is 0.875. The molecule has 1 rings (SSSR count). The van der Waals surface area contributed by atoms with E-state index in [0.717, 1.165) is 11.4 Å². The van der Waals surface area contributed by atoms with E-state index >= 15 is 0 Å². The molecular formula is C10H16N2O2. The fourth-order valence-electron chi connectivity index (χ4n) is 1.28. The van der Waals surface area contributed by atoms with Gasteiger partial charge in [-0.05, 0) is 19.9 Å². The summed E-state index contributed by atoms with van der Waals surface area (Å²) in [6.07, 6.45) is 0.0389. The first kappa shape index (κ1) is 10.9. The van der Waals surface area contributed by atoms with Gasteiger partial charge in [-0.15, -0.1) is 0 Å². The largest absolute Gasteiger partial charge is 0.374 e. The van der Waals surface area contributed by atoms with Crippen molar-refractivity contribution in [2.75, 3.05) is 7.11 Å². The molecule has 0 saturated heterocycles. The van der Waals surface area contributed by atoms with Crippen LogP contribution in [-0.4, -0.2) is 28.8 Å². The number of carbonyl (C=O) groups excluding carboxylic acids is 1. The number of methoxy groups -OCH3 is 1. The molecule has 0 fully saturated rings. The van der Waals surface area contributed by atoms with Crippen LogP contribution in [0.15, 0.2) is 6.07 Å². The van der Waals surface area contributed by atoms with Crippen molar-refractivity contribution < 1.29 is 9.53 Å². The van der Waals surface area contributed by atoms with Gasteiger partial charge < -0.3 is 4.74 Å². The zero-order valence-electron chi connectivity index (χ0n) is 9.07. The summed E-state index contributed by atoms with van der Waals surface area (Å²) in [4.78, 5) is 11.5. The van der Waals surface area contributed by atoms with Crippen LogP contribution in [0.4, 0.5) is 0 Å². The molecule has 14 heavy (non-hydrogen) atoms. The standard InChI is InChI=1S/C10H16N2O2/c1-7-5-9(12(3)11-7)6-10(13)8(2)14-4/h5,8H,6H2,1-4H3. The van der Waals surface area contributed by atoms with Crippen LogP contribution in [0, 0.1) is 6.92 Å². The highest BCUT2D eigenvalue weighted by Gasteiger charge is 2.14. The summed E-state index contributed by atoms with van der Waals surface area (Å²) in [7, 11) is 3.38. The van der Waals surface area contributed by atoms with Crippen molar-refractivity contribution in [3.05, 3.63) is 17.5 Å². The van der Waals surface area contributed by atoms with Gasteiger partial charge >= 0.3 is 0 Å². The molecular weight excluding hydrogens is 180 g/mol. The molecule has 0 aliphatic heterocycles. The van der Waals surface area contributed by atoms with Gasteiger partial charge in [0, 0.05) is 19.9 Å². The quantitative estimate of drug-likeness (QED) is 0.718. The number of aryl methyl sites for hydroxylation is 2. The lowest BCUT2D eigenvalue weighted by Gasteiger charge is -2.07. The molecule has 0 aromatic carbocycles. The summed E-state index contributed by atoms with van der Waals surface area (Å²) in [6.45, 7) is 3.67. The van der Waals surface area contributed by atoms with Crippen molar-refractivity contribution in [2.24, 2.45) is 7.05 Å². The van der Waals surface area contributed by atoms with Crippen LogP contribution in [0.25, 0.3) is 0 Å². The molecule has 1 unspecified atom stereocenters. The van der Waals surface area contributed by atoms with Crippen LogP contribution in [0.2, 0.25) is 0 Å². The lowest BCUT2D eigenvalue weighted by Crippen LogP contribution is -2.22. The van der Waals surface area contributed by atoms with Gasteiger partial charge in [-0.2, -0.15) is 5.10 Å². The maximum atomic E-state index is 11.5. The van der Waals surface area contributed by atoms with Gasteiger partial charge in [0.2, 0.25) is 0 Å². The van der Waals surface area contributed by atoms with Gasteiger partial charge in [-0.3, -0.25) is 9.48 Å². The molecule has 0 saturated carbocycles. The topological polar surface area (TPSA) is 44.1 Å². The number of hydrogen-bond donors (Lipinski definition) is 0. The van der Waals surface area contributed by atoms with Crippen LogP contribution >= 0.6 is 0 Å². The molecule has 1 aromatic heterocycles. The second kappa shape index (κ2) is 4.37. The van der Waals surface area contributed by atoms with Crippen molar-refractivity contribution in [3.63, 3.8) is 0 Å². The Morgan fingerprint density at radius 3 is 2.79 bits per heavy atom. The van der Waals surface area contributed by atoms with E-state index in [9.17, 15) is 4.79 Å². The molecule has 0 amide bonds. The molecule has 4 nitrogen and oxygen atoms in total. The molecule has 4 heteroatoms. The Morgan fingerprint density at radius 1 is 1.71 bits per heavy atom. The minimum Gasteiger partial charge on any atom is -0.374 e. The maximum absolute atomic E-state index is 11.5. The van der Waals surface area contributed by atoms with Gasteiger partial charge in [0.15, 0.2) is 5.78 Å². The summed E-state index contributed by atoms with van der Waals surface area (Å²) < 4.78 is 6.68. The van der Waals surface area contributed by atoms with Crippen LogP contribution in [0.3, 0.4) is 0 Å². The van der Waals surface area contributed by atoms with Crippen molar-refractivity contribution in [1.82, 2.24) is 9.78 Å². The number of rotatable bonds is 4. The SMILES string of the molecule is COC(C)C(=O)Cc1cc(C)nn1C. The van der Waals surface area contributed by atoms with Crippen molar-refractivity contribution in [3.8, 4) is 0 Å². The van der Waals surface area contributed by atoms with Crippen LogP contribution < -0.4 is 0 Å². The van der Waals surface area contributed by atoms with E-state index in [1.807, 2.05) is 20.0 Å². The molecule has 1 atom stereocenters. The van der Waals surface area contributed by atoms with Gasteiger partial charge in [-0.1, -0.05) is 0 Å². The van der Waals surface area contributed by atoms with E-state index in [4.69, 9.17) is 4.74 Å². The number of aromatic nitrogens is 2. The number of nitrogens with zero attached hydrogens (tertiary/aromatic N) is 2. The Kier molecular flexibility index (Phi) is 3.41. The van der Waals surface area contributed by atoms with Gasteiger partial charge in [0.25, 0.3) is 0 Å². The van der Waals surface area contributed by atoms with Crippen molar-refractivity contribution >= 4 is 5.78 Å². The fourth-order valence-corrected chi connectivity index (χ4v) is 1.28. The van der Waals surface area contributed by atoms with Gasteiger partial charge in [-0.25, -0.2) is 0 Å². The number of Topliss-reactive ketones (excluding diaryl/α,β-unsaturated/α-hetero) is 1. The van der Waals surface area contributed by atoms with E-state index in [-0.39, 0.29) is 11.9 Å². The Labute approximate surface area is 83.9 Å². The highest BCUT2D eigenvalue weighted by Crippen LogP contribution is 2.05. The summed E-state index contributed by atoms with van der Waals surface area (Å²) in [6, 6.07) is 1.92. The van der Waals surface area contributed by atoms with Crippen LogP contribution in [0.1, 0.15) is 18.3 Å². The van der Waals surface area contributed by atoms with Crippen LogP contribution in [0.5, 0.6) is 0 Å². The summed E-state index contributed by atoms with van der Waals surface area (Å²) in [5, 5.41) is 4.17. The summed E-state index contributed by atoms with van der Waals surface area (Å²) in [5.74, 6) is 0.0792. The first-order chi connectivity index (χ1) is 6.54. The third kappa shape index (κ3) is 2.42. The monoisotopic (exact) mass is 196 g/mol. The van der Waals surface area contributed by atoms with E-state index in [0.29, 0.717) is 6.42 Å². The van der Waals surface area contributed by atoms with E-state index in [1.165, 1.54) is 7.11 Å². The maximum Gasteiger partial charge on any atom is 0.167 e. The summed E-state index contributed by atoms with van der Waals surface area (Å²) >= 11 is 0. The predicted molar refractivity (Wildman–Crippen MR) is 53.1 cm³/mol. The summed E-state index contributed by atoms with van der Waals surface area (Å²) in [5.41, 5.74) is 1.86. The molecule has 1 aromatic rings. The Hall–Kier alpha value is -1.16. The lowest BCUT2D eigenvalue weighted by molar-refractivity contribution is -0.127. The normalized spacial score (nSPS) is 12.9. The number of ether oxygens (including phenoxy) is 1. The minimum absolute atomic E-state index is 0.0792.